The normalized spacial score (nSPS) is 26.5. The molecule has 0 bridgehead atoms. The van der Waals surface area contributed by atoms with Crippen LogP contribution in [0.5, 0.6) is 0 Å². The van der Waals surface area contributed by atoms with Crippen LogP contribution in [0.25, 0.3) is 0 Å². The maximum atomic E-state index is 6.24. The number of rotatable bonds is 3. The van der Waals surface area contributed by atoms with E-state index in [1.807, 2.05) is 6.07 Å². The molecule has 3 rings (SSSR count). The lowest BCUT2D eigenvalue weighted by Crippen LogP contribution is -2.56. The Balaban J connectivity index is 0.00000208. The number of ether oxygens (including phenoxy) is 1. The summed E-state index contributed by atoms with van der Waals surface area (Å²) in [5.41, 5.74) is 6.29. The summed E-state index contributed by atoms with van der Waals surface area (Å²) in [5.74, 6) is 1.43. The minimum atomic E-state index is 0. The van der Waals surface area contributed by atoms with E-state index in [1.165, 1.54) is 0 Å². The van der Waals surface area contributed by atoms with Crippen LogP contribution >= 0.6 is 24.0 Å². The molecule has 134 valence electrons. The van der Waals surface area contributed by atoms with Gasteiger partial charge < -0.3 is 20.3 Å². The Bertz CT molecular complexity index is 559. The van der Waals surface area contributed by atoms with Gasteiger partial charge >= 0.3 is 0 Å². The van der Waals surface area contributed by atoms with Gasteiger partial charge in [-0.15, -0.1) is 24.0 Å². The fourth-order valence-electron chi connectivity index (χ4n) is 3.31. The molecule has 1 saturated carbocycles. The number of nitrogens with zero attached hydrogens (tertiary/aromatic N) is 5. The van der Waals surface area contributed by atoms with Crippen molar-refractivity contribution < 1.29 is 4.74 Å². The van der Waals surface area contributed by atoms with E-state index in [0.717, 1.165) is 38.5 Å². The summed E-state index contributed by atoms with van der Waals surface area (Å²) in [4.78, 5) is 17.7. The number of aromatic nitrogens is 2. The van der Waals surface area contributed by atoms with Crippen molar-refractivity contribution in [2.75, 3.05) is 38.2 Å². The maximum absolute atomic E-state index is 6.24. The first-order valence-electron chi connectivity index (χ1n) is 8.15. The van der Waals surface area contributed by atoms with Gasteiger partial charge in [0, 0.05) is 51.1 Å². The molecule has 7 nitrogen and oxygen atoms in total. The molecule has 24 heavy (non-hydrogen) atoms. The van der Waals surface area contributed by atoms with Crippen LogP contribution < -0.4 is 10.6 Å². The third kappa shape index (κ3) is 3.74. The number of piperazine rings is 1. The number of guanidine groups is 1. The summed E-state index contributed by atoms with van der Waals surface area (Å²) in [5, 5.41) is 0. The Kier molecular flexibility index (Phi) is 6.24. The molecule has 8 heteroatoms. The lowest BCUT2D eigenvalue weighted by Gasteiger charge is -2.49. The van der Waals surface area contributed by atoms with E-state index in [9.17, 15) is 0 Å². The Morgan fingerprint density at radius 3 is 2.42 bits per heavy atom. The minimum Gasteiger partial charge on any atom is -0.381 e. The lowest BCUT2D eigenvalue weighted by molar-refractivity contribution is -0.0853. The highest BCUT2D eigenvalue weighted by Crippen LogP contribution is 2.44. The van der Waals surface area contributed by atoms with Crippen LogP contribution in [-0.2, 0) is 4.74 Å². The second-order valence-corrected chi connectivity index (χ2v) is 6.81. The second kappa shape index (κ2) is 7.81. The Morgan fingerprint density at radius 1 is 1.25 bits per heavy atom. The molecule has 2 fully saturated rings. The third-order valence-electron chi connectivity index (χ3n) is 5.14. The van der Waals surface area contributed by atoms with Crippen LogP contribution in [0.2, 0.25) is 0 Å². The molecule has 2 N–H and O–H groups in total. The number of methoxy groups -OCH3 is 1. The first kappa shape index (κ1) is 19.2. The molecule has 1 saturated heterocycles. The van der Waals surface area contributed by atoms with Crippen molar-refractivity contribution in [3.8, 4) is 0 Å². The highest BCUT2D eigenvalue weighted by Gasteiger charge is 2.49. The van der Waals surface area contributed by atoms with E-state index in [1.54, 1.807) is 19.5 Å². The van der Waals surface area contributed by atoms with Gasteiger partial charge in [0.15, 0.2) is 5.96 Å². The molecule has 0 aromatic carbocycles. The van der Waals surface area contributed by atoms with Crippen LogP contribution in [0.4, 0.5) is 5.95 Å². The fourth-order valence-corrected chi connectivity index (χ4v) is 3.31. The van der Waals surface area contributed by atoms with Gasteiger partial charge in [-0.1, -0.05) is 13.8 Å². The van der Waals surface area contributed by atoms with Gasteiger partial charge in [-0.2, -0.15) is 0 Å². The van der Waals surface area contributed by atoms with Gasteiger partial charge in [-0.3, -0.25) is 0 Å². The Labute approximate surface area is 160 Å². The van der Waals surface area contributed by atoms with Crippen molar-refractivity contribution in [3.63, 3.8) is 0 Å². The van der Waals surface area contributed by atoms with Crippen molar-refractivity contribution in [3.05, 3.63) is 18.5 Å². The van der Waals surface area contributed by atoms with Gasteiger partial charge in [-0.05, 0) is 12.5 Å². The van der Waals surface area contributed by atoms with E-state index < -0.39 is 0 Å². The summed E-state index contributed by atoms with van der Waals surface area (Å²) in [6.07, 6.45) is 4.77. The first-order chi connectivity index (χ1) is 11.0. The van der Waals surface area contributed by atoms with Crippen LogP contribution in [0, 0.1) is 5.41 Å². The SMILES string of the molecule is COC1CC(N=C(N)N2CCN(c3ncccn3)CC2)C1(C)C.I. The topological polar surface area (TPSA) is 79.9 Å². The molecule has 1 aromatic rings. The van der Waals surface area contributed by atoms with Gasteiger partial charge in [-0.25, -0.2) is 15.0 Å². The standard InChI is InChI=1S/C16H26N6O.HI/c1-16(2)12(11-13(16)23-3)20-14(17)21-7-9-22(10-8-21)15-18-5-4-6-19-15;/h4-6,12-13H,7-11H2,1-3H3,(H2,17,20);1H. The molecule has 1 aliphatic heterocycles. The summed E-state index contributed by atoms with van der Waals surface area (Å²) in [6, 6.07) is 2.07. The van der Waals surface area contributed by atoms with Crippen LogP contribution in [0.1, 0.15) is 20.3 Å². The molecule has 2 heterocycles. The number of halogens is 1. The van der Waals surface area contributed by atoms with Crippen molar-refractivity contribution in [2.45, 2.75) is 32.4 Å². The highest BCUT2D eigenvalue weighted by atomic mass is 127. The smallest absolute Gasteiger partial charge is 0.225 e. The summed E-state index contributed by atoms with van der Waals surface area (Å²) in [7, 11) is 1.76. The monoisotopic (exact) mass is 446 g/mol. The quantitative estimate of drug-likeness (QED) is 0.429. The summed E-state index contributed by atoms with van der Waals surface area (Å²) >= 11 is 0. The Hall–Kier alpha value is -1.16. The fraction of sp³-hybridized carbons (Fsp3) is 0.688. The molecule has 2 atom stereocenters. The number of nitrogens with two attached hydrogens (primary N) is 1. The molecular weight excluding hydrogens is 419 g/mol. The number of aliphatic imine (C=N–C) groups is 1. The molecule has 1 aliphatic carbocycles. The number of hydrogen-bond donors (Lipinski definition) is 1. The number of hydrogen-bond acceptors (Lipinski definition) is 5. The van der Waals surface area contributed by atoms with Crippen molar-refractivity contribution in [2.24, 2.45) is 16.1 Å². The largest absolute Gasteiger partial charge is 0.381 e. The molecule has 0 spiro atoms. The lowest BCUT2D eigenvalue weighted by atomic mass is 9.65. The molecule has 0 radical (unpaired) electrons. The van der Waals surface area contributed by atoms with Gasteiger partial charge in [0.05, 0.1) is 12.1 Å². The van der Waals surface area contributed by atoms with Gasteiger partial charge in [0.2, 0.25) is 5.95 Å². The highest BCUT2D eigenvalue weighted by molar-refractivity contribution is 14.0. The average molecular weight is 446 g/mol. The van der Waals surface area contributed by atoms with E-state index >= 15 is 0 Å². The summed E-state index contributed by atoms with van der Waals surface area (Å²) < 4.78 is 5.48. The third-order valence-corrected chi connectivity index (χ3v) is 5.14. The van der Waals surface area contributed by atoms with Crippen LogP contribution in [-0.4, -0.2) is 66.3 Å². The summed E-state index contributed by atoms with van der Waals surface area (Å²) in [6.45, 7) is 7.78. The van der Waals surface area contributed by atoms with Crippen molar-refractivity contribution >= 4 is 35.9 Å². The predicted octanol–water partition coefficient (Wildman–Crippen LogP) is 1.34. The average Bonchev–Trinajstić information content (AvgIpc) is 2.59. The van der Waals surface area contributed by atoms with E-state index in [-0.39, 0.29) is 41.5 Å². The molecule has 2 unspecified atom stereocenters. The molecular formula is C16H27IN6O. The Morgan fingerprint density at radius 2 is 1.88 bits per heavy atom. The minimum absolute atomic E-state index is 0. The maximum Gasteiger partial charge on any atom is 0.225 e. The van der Waals surface area contributed by atoms with E-state index in [4.69, 9.17) is 15.5 Å². The van der Waals surface area contributed by atoms with Crippen LogP contribution in [0.15, 0.2) is 23.5 Å². The zero-order chi connectivity index (χ0) is 16.4. The second-order valence-electron chi connectivity index (χ2n) is 6.81. The van der Waals surface area contributed by atoms with Crippen molar-refractivity contribution in [1.29, 1.82) is 0 Å². The zero-order valence-electron chi connectivity index (χ0n) is 14.6. The van der Waals surface area contributed by atoms with E-state index in [2.05, 4.69) is 33.6 Å². The molecule has 2 aliphatic rings. The molecule has 0 amide bonds. The van der Waals surface area contributed by atoms with Crippen LogP contribution in [0.3, 0.4) is 0 Å². The first-order valence-corrected chi connectivity index (χ1v) is 8.15. The zero-order valence-corrected chi connectivity index (χ0v) is 16.9. The number of anilines is 1. The molecule has 1 aromatic heterocycles. The van der Waals surface area contributed by atoms with Crippen molar-refractivity contribution in [1.82, 2.24) is 14.9 Å². The van der Waals surface area contributed by atoms with E-state index in [0.29, 0.717) is 5.96 Å². The predicted molar refractivity (Wildman–Crippen MR) is 106 cm³/mol. The van der Waals surface area contributed by atoms with Gasteiger partial charge in [0.1, 0.15) is 0 Å². The van der Waals surface area contributed by atoms with Gasteiger partial charge in [0.25, 0.3) is 0 Å².